The van der Waals surface area contributed by atoms with Crippen LogP contribution in [0.2, 0.25) is 5.02 Å². The summed E-state index contributed by atoms with van der Waals surface area (Å²) in [5.74, 6) is -2.29. The molecule has 222 valence electrons. The number of rotatable bonds is 9. The monoisotopic (exact) mass is 599 g/mol. The Morgan fingerprint density at radius 3 is 2.64 bits per heavy atom. The molecule has 3 heterocycles. The lowest BCUT2D eigenvalue weighted by Crippen LogP contribution is -2.43. The summed E-state index contributed by atoms with van der Waals surface area (Å²) in [5.41, 5.74) is 2.87. The molecule has 2 aliphatic heterocycles. The summed E-state index contributed by atoms with van der Waals surface area (Å²) in [7, 11) is 0. The number of likely N-dealkylation sites (tertiary alicyclic amines) is 1. The van der Waals surface area contributed by atoms with Gasteiger partial charge in [0.05, 0.1) is 30.8 Å². The van der Waals surface area contributed by atoms with Gasteiger partial charge in [0.1, 0.15) is 25.0 Å². The van der Waals surface area contributed by atoms with Crippen LogP contribution in [0.15, 0.2) is 42.5 Å². The van der Waals surface area contributed by atoms with Crippen molar-refractivity contribution in [2.75, 3.05) is 19.7 Å². The molecule has 2 amide bonds. The van der Waals surface area contributed by atoms with E-state index < -0.39 is 29.9 Å². The minimum atomic E-state index is -1.35. The van der Waals surface area contributed by atoms with E-state index in [2.05, 4.69) is 0 Å². The molecule has 0 spiro atoms. The highest BCUT2D eigenvalue weighted by Crippen LogP contribution is 2.32. The van der Waals surface area contributed by atoms with Crippen LogP contribution in [0.1, 0.15) is 43.0 Å². The maximum absolute atomic E-state index is 14.6. The molecule has 0 unspecified atom stereocenters. The van der Waals surface area contributed by atoms with Crippen molar-refractivity contribution >= 4 is 46.1 Å². The maximum Gasteiger partial charge on any atom is 0.315 e. The highest BCUT2D eigenvalue weighted by Gasteiger charge is 2.40. The number of nitrogens with zero attached hydrogens (tertiary/aromatic N) is 3. The topological polar surface area (TPSA) is 88.9 Å². The molecule has 8 nitrogen and oxygen atoms in total. The van der Waals surface area contributed by atoms with Crippen molar-refractivity contribution in [1.82, 2.24) is 14.4 Å². The number of carbonyl (C=O) groups is 4. The third kappa shape index (κ3) is 6.04. The van der Waals surface area contributed by atoms with Crippen molar-refractivity contribution in [3.05, 3.63) is 70.1 Å². The molecule has 0 saturated carbocycles. The zero-order valence-corrected chi connectivity index (χ0v) is 24.0. The smallest absolute Gasteiger partial charge is 0.315 e. The molecule has 5 rings (SSSR count). The zero-order chi connectivity index (χ0) is 30.0. The van der Waals surface area contributed by atoms with Gasteiger partial charge in [0, 0.05) is 36.0 Å². The number of amides is 2. The van der Waals surface area contributed by atoms with Gasteiger partial charge in [-0.1, -0.05) is 41.9 Å². The molecular formula is C31H32ClF2N3O5. The SMILES string of the molecule is CCOC(=O)CC(=O)N1CCc2c(n(CC(=O)N3C[C@H](F)C[C@H]3C(=O)CCc3cccc(Cl)c3F)c3ccccc23)C1. The van der Waals surface area contributed by atoms with E-state index in [0.29, 0.717) is 13.0 Å². The Hall–Kier alpha value is -3.79. The second-order valence-electron chi connectivity index (χ2n) is 10.6. The number of benzene rings is 2. The van der Waals surface area contributed by atoms with E-state index in [9.17, 15) is 28.0 Å². The van der Waals surface area contributed by atoms with Gasteiger partial charge in [0.2, 0.25) is 11.8 Å². The first-order valence-electron chi connectivity index (χ1n) is 14.1. The number of ether oxygens (including phenoxy) is 1. The Labute approximate surface area is 247 Å². The number of aryl methyl sites for hydroxylation is 1. The van der Waals surface area contributed by atoms with Crippen LogP contribution >= 0.6 is 11.6 Å². The Bertz CT molecular complexity index is 1540. The summed E-state index contributed by atoms with van der Waals surface area (Å²) in [4.78, 5) is 54.5. The van der Waals surface area contributed by atoms with Crippen LogP contribution in [0.5, 0.6) is 0 Å². The zero-order valence-electron chi connectivity index (χ0n) is 23.3. The van der Waals surface area contributed by atoms with E-state index >= 15 is 0 Å². The number of halogens is 3. The molecule has 2 aliphatic rings. The first-order chi connectivity index (χ1) is 20.2. The lowest BCUT2D eigenvalue weighted by atomic mass is 10.0. The van der Waals surface area contributed by atoms with Gasteiger partial charge in [-0.25, -0.2) is 8.78 Å². The van der Waals surface area contributed by atoms with Crippen molar-refractivity contribution in [1.29, 1.82) is 0 Å². The van der Waals surface area contributed by atoms with Crippen molar-refractivity contribution in [2.45, 2.75) is 64.3 Å². The fourth-order valence-corrected chi connectivity index (χ4v) is 6.19. The molecule has 1 aromatic heterocycles. The molecule has 3 aromatic rings. The van der Waals surface area contributed by atoms with Gasteiger partial charge in [-0.15, -0.1) is 0 Å². The largest absolute Gasteiger partial charge is 0.466 e. The second kappa shape index (κ2) is 12.6. The number of Topliss-reactive ketones (excluding diaryl/α,β-unsaturated/α-hetero) is 1. The van der Waals surface area contributed by atoms with Gasteiger partial charge in [-0.2, -0.15) is 0 Å². The highest BCUT2D eigenvalue weighted by atomic mass is 35.5. The van der Waals surface area contributed by atoms with Crippen LogP contribution in [0.3, 0.4) is 0 Å². The van der Waals surface area contributed by atoms with Crippen LogP contribution < -0.4 is 0 Å². The maximum atomic E-state index is 14.6. The van der Waals surface area contributed by atoms with Gasteiger partial charge >= 0.3 is 5.97 Å². The van der Waals surface area contributed by atoms with Crippen LogP contribution in [-0.2, 0) is 49.8 Å². The van der Waals surface area contributed by atoms with Gasteiger partial charge in [-0.05, 0) is 43.0 Å². The minimum Gasteiger partial charge on any atom is -0.466 e. The molecule has 2 atom stereocenters. The molecular weight excluding hydrogens is 568 g/mol. The lowest BCUT2D eigenvalue weighted by Gasteiger charge is -2.29. The second-order valence-corrected chi connectivity index (χ2v) is 11.1. The van der Waals surface area contributed by atoms with Crippen molar-refractivity contribution < 1.29 is 32.7 Å². The predicted molar refractivity (Wildman–Crippen MR) is 152 cm³/mol. The quantitative estimate of drug-likeness (QED) is 0.269. The Kier molecular flexibility index (Phi) is 8.91. The van der Waals surface area contributed by atoms with E-state index in [-0.39, 0.29) is 74.2 Å². The molecule has 11 heteroatoms. The Balaban J connectivity index is 1.35. The molecule has 42 heavy (non-hydrogen) atoms. The standard InChI is InChI=1S/C31H32ClF2N3O5/c1-2-42-30(41)15-28(39)35-13-12-22-21-7-3-4-9-24(21)36(26(22)17-35)18-29(40)37-16-20(33)14-25(37)27(38)11-10-19-6-5-8-23(32)31(19)34/h3-9,20,25H,2,10-18H2,1H3/t20-,25+/m1/s1. The molecule has 0 bridgehead atoms. The average molecular weight is 600 g/mol. The van der Waals surface area contributed by atoms with Crippen LogP contribution in [0.25, 0.3) is 10.9 Å². The van der Waals surface area contributed by atoms with Gasteiger partial charge in [0.15, 0.2) is 5.78 Å². The van der Waals surface area contributed by atoms with Gasteiger partial charge < -0.3 is 19.1 Å². The van der Waals surface area contributed by atoms with Crippen molar-refractivity contribution in [2.24, 2.45) is 0 Å². The van der Waals surface area contributed by atoms with Gasteiger partial charge in [0.25, 0.3) is 0 Å². The fraction of sp³-hybridized carbons (Fsp3) is 0.419. The van der Waals surface area contributed by atoms with E-state index in [1.807, 2.05) is 28.8 Å². The number of fused-ring (bicyclic) bond motifs is 3. The van der Waals surface area contributed by atoms with E-state index in [4.69, 9.17) is 16.3 Å². The Morgan fingerprint density at radius 1 is 1.07 bits per heavy atom. The number of carbonyl (C=O) groups excluding carboxylic acids is 4. The summed E-state index contributed by atoms with van der Waals surface area (Å²) >= 11 is 5.85. The average Bonchev–Trinajstić information content (AvgIpc) is 3.51. The third-order valence-corrected chi connectivity index (χ3v) is 8.32. The molecule has 1 fully saturated rings. The van der Waals surface area contributed by atoms with Crippen LogP contribution in [-0.4, -0.2) is 69.8 Å². The number of hydrogen-bond donors (Lipinski definition) is 0. The molecule has 2 aromatic carbocycles. The summed E-state index contributed by atoms with van der Waals surface area (Å²) < 4.78 is 35.7. The minimum absolute atomic E-state index is 0.0371. The van der Waals surface area contributed by atoms with Crippen molar-refractivity contribution in [3.63, 3.8) is 0 Å². The first kappa shape index (κ1) is 29.7. The van der Waals surface area contributed by atoms with Crippen LogP contribution in [0.4, 0.5) is 8.78 Å². The molecule has 1 saturated heterocycles. The number of aromatic nitrogens is 1. The number of ketones is 1. The van der Waals surface area contributed by atoms with E-state index in [1.165, 1.54) is 11.0 Å². The van der Waals surface area contributed by atoms with E-state index in [1.54, 1.807) is 24.0 Å². The van der Waals surface area contributed by atoms with Crippen LogP contribution in [0, 0.1) is 5.82 Å². The molecule has 0 aliphatic carbocycles. The summed E-state index contributed by atoms with van der Waals surface area (Å²) in [6.07, 6.45) is -1.25. The number of alkyl halides is 1. The lowest BCUT2D eigenvalue weighted by molar-refractivity contribution is -0.149. The fourth-order valence-electron chi connectivity index (χ4n) is 5.99. The summed E-state index contributed by atoms with van der Waals surface area (Å²) in [5, 5.41) is 0.920. The molecule has 0 radical (unpaired) electrons. The third-order valence-electron chi connectivity index (χ3n) is 8.03. The van der Waals surface area contributed by atoms with E-state index in [0.717, 1.165) is 22.2 Å². The number of para-hydroxylation sites is 1. The first-order valence-corrected chi connectivity index (χ1v) is 14.5. The summed E-state index contributed by atoms with van der Waals surface area (Å²) in [6.45, 7) is 2.14. The predicted octanol–water partition coefficient (Wildman–Crippen LogP) is 4.41. The van der Waals surface area contributed by atoms with Crippen molar-refractivity contribution in [3.8, 4) is 0 Å². The van der Waals surface area contributed by atoms with Gasteiger partial charge in [-0.3, -0.25) is 19.2 Å². The highest BCUT2D eigenvalue weighted by molar-refractivity contribution is 6.30. The Morgan fingerprint density at radius 2 is 1.86 bits per heavy atom. The molecule has 0 N–H and O–H groups in total. The normalized spacial score (nSPS) is 18.3. The number of hydrogen-bond acceptors (Lipinski definition) is 5. The number of esters is 1. The summed E-state index contributed by atoms with van der Waals surface area (Å²) in [6, 6.07) is 11.2.